The molecule has 4 N–H and O–H groups in total. The third kappa shape index (κ3) is 9.56. The summed E-state index contributed by atoms with van der Waals surface area (Å²) in [6, 6.07) is 2.82. The van der Waals surface area contributed by atoms with Crippen molar-refractivity contribution >= 4 is 29.8 Å². The van der Waals surface area contributed by atoms with Gasteiger partial charge in [-0.3, -0.25) is 19.2 Å². The highest BCUT2D eigenvalue weighted by Crippen LogP contribution is 2.41. The van der Waals surface area contributed by atoms with Crippen molar-refractivity contribution in [3.63, 3.8) is 0 Å². The van der Waals surface area contributed by atoms with Crippen LogP contribution in [0.25, 0.3) is 0 Å². The van der Waals surface area contributed by atoms with E-state index in [1.54, 1.807) is 33.8 Å². The van der Waals surface area contributed by atoms with Gasteiger partial charge in [0.2, 0.25) is 17.7 Å². The number of hydrogen-bond acceptors (Lipinski definition) is 7. The van der Waals surface area contributed by atoms with Crippen molar-refractivity contribution in [3.05, 3.63) is 34.9 Å². The highest BCUT2D eigenvalue weighted by atomic mass is 16.6. The lowest BCUT2D eigenvalue weighted by molar-refractivity contribution is -0.145. The van der Waals surface area contributed by atoms with Crippen LogP contribution < -0.4 is 16.4 Å². The Morgan fingerprint density at radius 3 is 2.31 bits per heavy atom. The molecule has 0 heterocycles. The summed E-state index contributed by atoms with van der Waals surface area (Å²) in [5.41, 5.74) is 6.96. The summed E-state index contributed by atoms with van der Waals surface area (Å²) in [4.78, 5) is 65.5. The number of esters is 1. The molecule has 4 unspecified atom stereocenters. The predicted molar refractivity (Wildman–Crippen MR) is 144 cm³/mol. The Morgan fingerprint density at radius 1 is 1.15 bits per heavy atom. The van der Waals surface area contributed by atoms with Gasteiger partial charge in [0.1, 0.15) is 17.7 Å². The minimum atomic E-state index is -1.34. The second-order valence-corrected chi connectivity index (χ2v) is 11.0. The highest BCUT2D eigenvalue weighted by Gasteiger charge is 2.48. The molecule has 0 saturated heterocycles. The van der Waals surface area contributed by atoms with Gasteiger partial charge in [-0.25, -0.2) is 4.79 Å². The van der Waals surface area contributed by atoms with E-state index in [2.05, 4.69) is 10.6 Å². The van der Waals surface area contributed by atoms with Crippen LogP contribution in [0.15, 0.2) is 18.2 Å². The van der Waals surface area contributed by atoms with E-state index >= 15 is 0 Å². The second-order valence-electron chi connectivity index (χ2n) is 11.0. The molecule has 11 nitrogen and oxygen atoms in total. The van der Waals surface area contributed by atoms with Gasteiger partial charge in [0.25, 0.3) is 0 Å². The molecule has 4 atom stereocenters. The lowest BCUT2D eigenvalue weighted by Gasteiger charge is -2.35. The van der Waals surface area contributed by atoms with Gasteiger partial charge in [-0.1, -0.05) is 30.7 Å². The molecule has 216 valence electrons. The zero-order chi connectivity index (χ0) is 29.5. The van der Waals surface area contributed by atoms with Gasteiger partial charge < -0.3 is 30.7 Å². The third-order valence-corrected chi connectivity index (χ3v) is 6.25. The topological polar surface area (TPSA) is 157 Å². The maximum absolute atomic E-state index is 14.1. The summed E-state index contributed by atoms with van der Waals surface area (Å²) in [5.74, 6) is -2.28. The Balaban J connectivity index is 2.48. The van der Waals surface area contributed by atoms with E-state index < -0.39 is 53.9 Å². The van der Waals surface area contributed by atoms with Gasteiger partial charge >= 0.3 is 12.1 Å². The number of alkyl carbamates (subject to hydrolysis) is 1. The number of carbonyl (C=O) groups is 5. The first-order chi connectivity index (χ1) is 18.1. The second kappa shape index (κ2) is 13.4. The van der Waals surface area contributed by atoms with Crippen LogP contribution in [0.1, 0.15) is 76.6 Å². The molecule has 11 heteroatoms. The summed E-state index contributed by atoms with van der Waals surface area (Å²) in [6.07, 6.45) is -0.747. The predicted octanol–water partition coefficient (Wildman–Crippen LogP) is 2.42. The Morgan fingerprint density at radius 2 is 1.79 bits per heavy atom. The molecular formula is C28H42N4O7. The zero-order valence-electron chi connectivity index (χ0n) is 24.0. The van der Waals surface area contributed by atoms with E-state index in [4.69, 9.17) is 15.2 Å². The summed E-state index contributed by atoms with van der Waals surface area (Å²) < 4.78 is 10.2. The number of hydrogen-bond donors (Lipinski definition) is 3. The maximum atomic E-state index is 14.1. The SMILES string of the molecule is CCOC(=O)CCNC(=O)C(c1ccc(C)cc1C)N(C(=O)C(CC(N)=O)NC(=O)OC(C)(C)C)C1CC1C. The molecule has 0 aromatic heterocycles. The molecule has 0 radical (unpaired) electrons. The van der Waals surface area contributed by atoms with Crippen molar-refractivity contribution in [1.82, 2.24) is 15.5 Å². The number of rotatable bonds is 12. The Hall–Kier alpha value is -3.63. The number of nitrogens with zero attached hydrogens (tertiary/aromatic N) is 1. The van der Waals surface area contributed by atoms with Gasteiger partial charge in [0.15, 0.2) is 0 Å². The summed E-state index contributed by atoms with van der Waals surface area (Å²) in [6.45, 7) is 12.7. The average Bonchev–Trinajstić information content (AvgIpc) is 3.51. The Labute approximate surface area is 230 Å². The number of aryl methyl sites for hydroxylation is 2. The normalized spacial score (nSPS) is 17.8. The van der Waals surface area contributed by atoms with Crippen LogP contribution in [0.4, 0.5) is 4.79 Å². The van der Waals surface area contributed by atoms with E-state index in [9.17, 15) is 24.0 Å². The molecule has 1 saturated carbocycles. The molecule has 1 aromatic carbocycles. The van der Waals surface area contributed by atoms with Crippen LogP contribution in [0, 0.1) is 19.8 Å². The first-order valence-corrected chi connectivity index (χ1v) is 13.2. The van der Waals surface area contributed by atoms with Crippen LogP contribution in [-0.2, 0) is 28.7 Å². The molecule has 1 aliphatic rings. The zero-order valence-corrected chi connectivity index (χ0v) is 24.0. The summed E-state index contributed by atoms with van der Waals surface area (Å²) >= 11 is 0. The Bertz CT molecular complexity index is 1080. The quantitative estimate of drug-likeness (QED) is 0.340. The molecule has 4 amide bonds. The molecule has 39 heavy (non-hydrogen) atoms. The van der Waals surface area contributed by atoms with E-state index in [1.807, 2.05) is 32.9 Å². The van der Waals surface area contributed by atoms with E-state index in [0.717, 1.165) is 11.1 Å². The highest BCUT2D eigenvalue weighted by molar-refractivity contribution is 5.95. The van der Waals surface area contributed by atoms with Crippen LogP contribution in [0.5, 0.6) is 0 Å². The molecule has 1 fully saturated rings. The minimum absolute atomic E-state index is 0.0161. The van der Waals surface area contributed by atoms with Gasteiger partial charge in [0.05, 0.1) is 19.4 Å². The molecule has 0 aliphatic heterocycles. The maximum Gasteiger partial charge on any atom is 0.408 e. The van der Waals surface area contributed by atoms with Gasteiger partial charge in [-0.15, -0.1) is 0 Å². The molecule has 1 aromatic rings. The van der Waals surface area contributed by atoms with Gasteiger partial charge in [0, 0.05) is 12.6 Å². The first-order valence-electron chi connectivity index (χ1n) is 13.2. The van der Waals surface area contributed by atoms with Crippen LogP contribution in [-0.4, -0.2) is 65.5 Å². The number of nitrogens with two attached hydrogens (primary N) is 1. The standard InChI is InChI=1S/C28H42N4O7/c1-8-38-23(34)11-12-30-25(35)24(19-10-9-16(2)13-17(19)3)32(21-14-18(21)4)26(36)20(15-22(29)33)31-27(37)39-28(5,6)7/h9-10,13,18,20-21,24H,8,11-12,14-15H2,1-7H3,(H2,29,33)(H,30,35)(H,31,37). The number of benzene rings is 1. The smallest absolute Gasteiger partial charge is 0.408 e. The molecule has 0 bridgehead atoms. The fraction of sp³-hybridized carbons (Fsp3) is 0.607. The van der Waals surface area contributed by atoms with Crippen molar-refractivity contribution in [2.75, 3.05) is 13.2 Å². The lowest BCUT2D eigenvalue weighted by atomic mass is 9.96. The number of ether oxygens (including phenoxy) is 2. The number of primary amides is 1. The monoisotopic (exact) mass is 546 g/mol. The van der Waals surface area contributed by atoms with Crippen LogP contribution in [0.2, 0.25) is 0 Å². The van der Waals surface area contributed by atoms with Crippen LogP contribution in [0.3, 0.4) is 0 Å². The fourth-order valence-electron chi connectivity index (χ4n) is 4.37. The van der Waals surface area contributed by atoms with Crippen LogP contribution >= 0.6 is 0 Å². The third-order valence-electron chi connectivity index (χ3n) is 6.25. The van der Waals surface area contributed by atoms with Gasteiger partial charge in [-0.2, -0.15) is 0 Å². The number of nitrogens with one attached hydrogen (secondary N) is 2. The minimum Gasteiger partial charge on any atom is -0.466 e. The van der Waals surface area contributed by atoms with Crippen molar-refractivity contribution < 1.29 is 33.4 Å². The van der Waals surface area contributed by atoms with E-state index in [-0.39, 0.29) is 31.5 Å². The fourth-order valence-corrected chi connectivity index (χ4v) is 4.37. The molecule has 1 aliphatic carbocycles. The van der Waals surface area contributed by atoms with Gasteiger partial charge in [-0.05, 0) is 65.0 Å². The molecule has 0 spiro atoms. The lowest BCUT2D eigenvalue weighted by Crippen LogP contribution is -2.55. The summed E-state index contributed by atoms with van der Waals surface area (Å²) in [5, 5.41) is 5.24. The van der Waals surface area contributed by atoms with Crippen molar-refractivity contribution in [2.45, 2.75) is 91.5 Å². The van der Waals surface area contributed by atoms with Crippen molar-refractivity contribution in [2.24, 2.45) is 11.7 Å². The van der Waals surface area contributed by atoms with Crippen molar-refractivity contribution in [3.8, 4) is 0 Å². The van der Waals surface area contributed by atoms with E-state index in [1.165, 1.54) is 4.90 Å². The first kappa shape index (κ1) is 31.6. The molecular weight excluding hydrogens is 504 g/mol. The molecule has 2 rings (SSSR count). The largest absolute Gasteiger partial charge is 0.466 e. The number of amides is 4. The van der Waals surface area contributed by atoms with E-state index in [0.29, 0.717) is 12.0 Å². The Kier molecular flexibility index (Phi) is 10.9. The average molecular weight is 547 g/mol. The number of carbonyl (C=O) groups excluding carboxylic acids is 5. The van der Waals surface area contributed by atoms with Crippen molar-refractivity contribution in [1.29, 1.82) is 0 Å². The summed E-state index contributed by atoms with van der Waals surface area (Å²) in [7, 11) is 0.